The van der Waals surface area contributed by atoms with Gasteiger partial charge in [-0.1, -0.05) is 5.16 Å². The molecule has 1 aliphatic carbocycles. The second-order valence-corrected chi connectivity index (χ2v) is 5.59. The molecule has 0 radical (unpaired) electrons. The summed E-state index contributed by atoms with van der Waals surface area (Å²) >= 11 is 5.97. The molecule has 0 amide bonds. The van der Waals surface area contributed by atoms with Crippen LogP contribution in [0.15, 0.2) is 35.4 Å². The van der Waals surface area contributed by atoms with Gasteiger partial charge in [0, 0.05) is 23.7 Å². The van der Waals surface area contributed by atoms with Crippen LogP contribution in [-0.4, -0.2) is 35.3 Å². The number of alkyl halides is 1. The monoisotopic (exact) mass is 302 g/mol. The molecule has 106 valence electrons. The van der Waals surface area contributed by atoms with Crippen molar-refractivity contribution < 1.29 is 4.52 Å². The van der Waals surface area contributed by atoms with Crippen molar-refractivity contribution in [1.82, 2.24) is 29.9 Å². The Kier molecular flexibility index (Phi) is 2.92. The van der Waals surface area contributed by atoms with Crippen molar-refractivity contribution in [2.45, 2.75) is 24.1 Å². The van der Waals surface area contributed by atoms with Crippen molar-refractivity contribution in [2.24, 2.45) is 0 Å². The molecular weight excluding hydrogens is 292 g/mol. The fraction of sp³-hybridized carbons (Fsp3) is 0.308. The van der Waals surface area contributed by atoms with Gasteiger partial charge in [-0.25, -0.2) is 4.98 Å². The second kappa shape index (κ2) is 4.92. The number of nitrogens with zero attached hydrogens (tertiary/aromatic N) is 6. The van der Waals surface area contributed by atoms with E-state index in [4.69, 9.17) is 16.1 Å². The first-order valence-electron chi connectivity index (χ1n) is 6.60. The lowest BCUT2D eigenvalue weighted by Crippen LogP contribution is -2.22. The first kappa shape index (κ1) is 12.5. The maximum Gasteiger partial charge on any atom is 0.278 e. The number of imidazole rings is 1. The molecule has 21 heavy (non-hydrogen) atoms. The zero-order valence-electron chi connectivity index (χ0n) is 10.9. The second-order valence-electron chi connectivity index (χ2n) is 4.97. The third-order valence-corrected chi connectivity index (χ3v) is 3.88. The van der Waals surface area contributed by atoms with E-state index < -0.39 is 0 Å². The van der Waals surface area contributed by atoms with Crippen molar-refractivity contribution in [3.8, 4) is 17.4 Å². The molecule has 0 spiro atoms. The number of hydrogen-bond acceptors (Lipinski definition) is 6. The topological polar surface area (TPSA) is 82.5 Å². The number of aromatic nitrogens is 6. The van der Waals surface area contributed by atoms with Crippen molar-refractivity contribution in [3.05, 3.63) is 36.7 Å². The summed E-state index contributed by atoms with van der Waals surface area (Å²) in [6, 6.07) is 3.62. The summed E-state index contributed by atoms with van der Waals surface area (Å²) in [5, 5.41) is 12.5. The van der Waals surface area contributed by atoms with E-state index in [0.29, 0.717) is 29.1 Å². The van der Waals surface area contributed by atoms with E-state index in [1.165, 1.54) is 0 Å². The van der Waals surface area contributed by atoms with Crippen LogP contribution < -0.4 is 0 Å². The van der Waals surface area contributed by atoms with Crippen LogP contribution in [0.3, 0.4) is 0 Å². The molecule has 0 bridgehead atoms. The zero-order chi connectivity index (χ0) is 14.2. The lowest BCUT2D eigenvalue weighted by atomic mass is 9.84. The van der Waals surface area contributed by atoms with Crippen LogP contribution in [0, 0.1) is 0 Å². The summed E-state index contributed by atoms with van der Waals surface area (Å²) < 4.78 is 7.02. The lowest BCUT2D eigenvalue weighted by Gasteiger charge is -2.27. The molecule has 0 aromatic carbocycles. The third kappa shape index (κ3) is 2.29. The van der Waals surface area contributed by atoms with E-state index in [0.717, 1.165) is 12.8 Å². The quantitative estimate of drug-likeness (QED) is 0.690. The fourth-order valence-corrected chi connectivity index (χ4v) is 2.67. The lowest BCUT2D eigenvalue weighted by molar-refractivity contribution is 0.370. The molecule has 7 nitrogen and oxygen atoms in total. The highest BCUT2D eigenvalue weighted by molar-refractivity contribution is 6.21. The molecule has 4 rings (SSSR count). The maximum atomic E-state index is 5.97. The summed E-state index contributed by atoms with van der Waals surface area (Å²) in [4.78, 5) is 8.34. The molecule has 1 saturated carbocycles. The minimum atomic E-state index is 0.228. The van der Waals surface area contributed by atoms with E-state index in [-0.39, 0.29) is 5.38 Å². The molecular formula is C13H11ClN6O. The number of rotatable bonds is 3. The molecule has 8 heteroatoms. The van der Waals surface area contributed by atoms with E-state index in [2.05, 4.69) is 25.3 Å². The number of halogens is 1. The highest BCUT2D eigenvalue weighted by atomic mass is 35.5. The predicted molar refractivity (Wildman–Crippen MR) is 74.1 cm³/mol. The number of hydrogen-bond donors (Lipinski definition) is 0. The standard InChI is InChI=1S/C13H11ClN6O/c14-9-5-8(6-9)12-16-13(21-19-12)10-1-2-11(18-17-10)20-4-3-15-7-20/h1-4,7-9H,5-6H2. The van der Waals surface area contributed by atoms with Crippen molar-refractivity contribution >= 4 is 11.6 Å². The van der Waals surface area contributed by atoms with Crippen LogP contribution in [-0.2, 0) is 0 Å². The Morgan fingerprint density at radius 1 is 1.24 bits per heavy atom. The van der Waals surface area contributed by atoms with Gasteiger partial charge >= 0.3 is 0 Å². The molecule has 1 fully saturated rings. The van der Waals surface area contributed by atoms with E-state index in [1.54, 1.807) is 29.4 Å². The van der Waals surface area contributed by atoms with Crippen LogP contribution in [0.2, 0.25) is 0 Å². The van der Waals surface area contributed by atoms with Gasteiger partial charge in [0.05, 0.1) is 0 Å². The normalized spacial score (nSPS) is 21.2. The molecule has 3 heterocycles. The zero-order valence-corrected chi connectivity index (χ0v) is 11.7. The van der Waals surface area contributed by atoms with Crippen molar-refractivity contribution in [2.75, 3.05) is 0 Å². The van der Waals surface area contributed by atoms with E-state index in [1.807, 2.05) is 6.07 Å². The Morgan fingerprint density at radius 2 is 2.14 bits per heavy atom. The first-order chi connectivity index (χ1) is 10.3. The summed E-state index contributed by atoms with van der Waals surface area (Å²) in [5.74, 6) is 2.05. The minimum Gasteiger partial charge on any atom is -0.332 e. The van der Waals surface area contributed by atoms with Crippen LogP contribution in [0.5, 0.6) is 0 Å². The van der Waals surface area contributed by atoms with Crippen LogP contribution in [0.1, 0.15) is 24.6 Å². The largest absolute Gasteiger partial charge is 0.332 e. The van der Waals surface area contributed by atoms with Crippen molar-refractivity contribution in [3.63, 3.8) is 0 Å². The highest BCUT2D eigenvalue weighted by Crippen LogP contribution is 2.39. The average Bonchev–Trinajstić information content (AvgIpc) is 3.16. The van der Waals surface area contributed by atoms with Gasteiger partial charge in [-0.05, 0) is 25.0 Å². The van der Waals surface area contributed by atoms with Gasteiger partial charge in [0.25, 0.3) is 5.89 Å². The van der Waals surface area contributed by atoms with Gasteiger partial charge in [0.1, 0.15) is 6.33 Å². The van der Waals surface area contributed by atoms with Gasteiger partial charge in [0.2, 0.25) is 0 Å². The molecule has 0 aliphatic heterocycles. The molecule has 0 unspecified atom stereocenters. The smallest absolute Gasteiger partial charge is 0.278 e. The molecule has 0 N–H and O–H groups in total. The van der Waals surface area contributed by atoms with E-state index >= 15 is 0 Å². The SMILES string of the molecule is ClC1CC(c2noc(-c3ccc(-n4ccnc4)nn3)n2)C1. The molecule has 3 aromatic heterocycles. The Bertz CT molecular complexity index is 732. The highest BCUT2D eigenvalue weighted by Gasteiger charge is 2.32. The summed E-state index contributed by atoms with van der Waals surface area (Å²) in [7, 11) is 0. The predicted octanol–water partition coefficient (Wildman–Crippen LogP) is 2.20. The first-order valence-corrected chi connectivity index (χ1v) is 7.03. The van der Waals surface area contributed by atoms with Crippen LogP contribution in [0.4, 0.5) is 0 Å². The van der Waals surface area contributed by atoms with Gasteiger partial charge in [-0.2, -0.15) is 4.98 Å². The molecule has 0 atom stereocenters. The molecule has 0 saturated heterocycles. The minimum absolute atomic E-state index is 0.228. The maximum absolute atomic E-state index is 5.97. The van der Waals surface area contributed by atoms with Gasteiger partial charge in [-0.3, -0.25) is 4.57 Å². The van der Waals surface area contributed by atoms with Gasteiger partial charge < -0.3 is 4.52 Å². The third-order valence-electron chi connectivity index (χ3n) is 3.53. The van der Waals surface area contributed by atoms with E-state index in [9.17, 15) is 0 Å². The Morgan fingerprint density at radius 3 is 2.81 bits per heavy atom. The average molecular weight is 303 g/mol. The van der Waals surface area contributed by atoms with Crippen LogP contribution >= 0.6 is 11.6 Å². The van der Waals surface area contributed by atoms with Gasteiger partial charge in [0.15, 0.2) is 17.3 Å². The molecule has 1 aliphatic rings. The summed E-state index contributed by atoms with van der Waals surface area (Å²) in [5.41, 5.74) is 0.555. The Hall–Kier alpha value is -2.28. The molecule has 3 aromatic rings. The summed E-state index contributed by atoms with van der Waals surface area (Å²) in [6.07, 6.45) is 6.93. The van der Waals surface area contributed by atoms with Crippen molar-refractivity contribution in [1.29, 1.82) is 0 Å². The Labute approximate surface area is 125 Å². The summed E-state index contributed by atoms with van der Waals surface area (Å²) in [6.45, 7) is 0. The Balaban J connectivity index is 1.56. The van der Waals surface area contributed by atoms with Crippen LogP contribution in [0.25, 0.3) is 17.4 Å². The van der Waals surface area contributed by atoms with Gasteiger partial charge in [-0.15, -0.1) is 21.8 Å². The fourth-order valence-electron chi connectivity index (χ4n) is 2.24.